The number of ether oxygens (including phenoxy) is 1. The van der Waals surface area contributed by atoms with Crippen molar-refractivity contribution in [2.75, 3.05) is 5.73 Å². The van der Waals surface area contributed by atoms with E-state index in [2.05, 4.69) is 15.0 Å². The molecule has 4 rings (SSSR count). The summed E-state index contributed by atoms with van der Waals surface area (Å²) in [7, 11) is 0. The molecule has 0 radical (unpaired) electrons. The lowest BCUT2D eigenvalue weighted by Crippen LogP contribution is -2.10. The Morgan fingerprint density at radius 3 is 2.96 bits per heavy atom. The van der Waals surface area contributed by atoms with E-state index in [1.807, 2.05) is 0 Å². The zero-order valence-corrected chi connectivity index (χ0v) is 13.8. The van der Waals surface area contributed by atoms with Crippen LogP contribution in [0.1, 0.15) is 39.6 Å². The van der Waals surface area contributed by atoms with Gasteiger partial charge in [-0.2, -0.15) is 0 Å². The maximum absolute atomic E-state index is 12.0. The highest BCUT2D eigenvalue weighted by Gasteiger charge is 2.20. The average molecular weight is 340 g/mol. The molecule has 0 fully saturated rings. The number of hydrogen-bond acceptors (Lipinski definition) is 7. The number of aromatic nitrogens is 3. The molecular weight excluding hydrogens is 324 g/mol. The molecule has 3 aromatic rings. The van der Waals surface area contributed by atoms with Crippen LogP contribution in [0.3, 0.4) is 0 Å². The minimum absolute atomic E-state index is 0.0158. The number of carbonyl (C=O) groups excluding carboxylic acids is 1. The number of nitrogens with two attached hydrogens (primary N) is 1. The molecule has 6 nitrogen and oxygen atoms in total. The monoisotopic (exact) mass is 340 g/mol. The molecule has 122 valence electrons. The summed E-state index contributed by atoms with van der Waals surface area (Å²) in [6.07, 6.45) is 6.06. The first-order chi connectivity index (χ1) is 11.7. The second-order valence-corrected chi connectivity index (χ2v) is 6.79. The molecule has 0 atom stereocenters. The number of aryl methyl sites for hydroxylation is 2. The molecule has 0 saturated carbocycles. The van der Waals surface area contributed by atoms with Gasteiger partial charge in [-0.3, -0.25) is 0 Å². The van der Waals surface area contributed by atoms with Crippen molar-refractivity contribution in [2.24, 2.45) is 0 Å². The third-order valence-corrected chi connectivity index (χ3v) is 5.28. The van der Waals surface area contributed by atoms with Crippen molar-refractivity contribution >= 4 is 33.3 Å². The molecule has 2 N–H and O–H groups in total. The van der Waals surface area contributed by atoms with Crippen molar-refractivity contribution in [3.8, 4) is 0 Å². The molecule has 7 heteroatoms. The Labute approximate surface area is 142 Å². The lowest BCUT2D eigenvalue weighted by molar-refractivity contribution is 0.0456. The van der Waals surface area contributed by atoms with Gasteiger partial charge in [-0.1, -0.05) is 6.07 Å². The van der Waals surface area contributed by atoms with Gasteiger partial charge < -0.3 is 10.5 Å². The number of rotatable bonds is 3. The van der Waals surface area contributed by atoms with Crippen molar-refractivity contribution in [1.29, 1.82) is 0 Å². The molecule has 0 aliphatic heterocycles. The Morgan fingerprint density at radius 2 is 2.12 bits per heavy atom. The number of carbonyl (C=O) groups is 1. The Morgan fingerprint density at radius 1 is 1.25 bits per heavy atom. The Bertz CT molecular complexity index is 908. The molecule has 0 aromatic carbocycles. The van der Waals surface area contributed by atoms with Crippen LogP contribution in [-0.2, 0) is 24.2 Å². The standard InChI is InChI=1S/C17H16N4O2S/c18-15-14-10-5-1-2-7-12(10)24-16(14)21-13(20-15)9-23-17(22)11-6-3-4-8-19-11/h3-4,6,8H,1-2,5,7,9H2,(H2,18,20,21). The van der Waals surface area contributed by atoms with Gasteiger partial charge >= 0.3 is 5.97 Å². The van der Waals surface area contributed by atoms with E-state index < -0.39 is 5.97 Å². The highest BCUT2D eigenvalue weighted by molar-refractivity contribution is 7.19. The number of hydrogen-bond donors (Lipinski definition) is 1. The van der Waals surface area contributed by atoms with E-state index in [9.17, 15) is 4.79 Å². The fourth-order valence-corrected chi connectivity index (χ4v) is 4.27. The molecule has 0 bridgehead atoms. The third-order valence-electron chi connectivity index (χ3n) is 4.10. The van der Waals surface area contributed by atoms with Crippen LogP contribution in [0.4, 0.5) is 5.82 Å². The van der Waals surface area contributed by atoms with E-state index in [0.717, 1.165) is 23.1 Å². The summed E-state index contributed by atoms with van der Waals surface area (Å²) in [6, 6.07) is 5.08. The number of esters is 1. The highest BCUT2D eigenvalue weighted by Crippen LogP contribution is 2.37. The van der Waals surface area contributed by atoms with Crippen LogP contribution < -0.4 is 5.73 Å². The molecule has 24 heavy (non-hydrogen) atoms. The first-order valence-electron chi connectivity index (χ1n) is 7.87. The second-order valence-electron chi connectivity index (χ2n) is 5.71. The van der Waals surface area contributed by atoms with Crippen molar-refractivity contribution in [2.45, 2.75) is 32.3 Å². The molecule has 0 spiro atoms. The van der Waals surface area contributed by atoms with Crippen molar-refractivity contribution < 1.29 is 9.53 Å². The molecule has 0 unspecified atom stereocenters. The third kappa shape index (κ3) is 2.71. The second kappa shape index (κ2) is 6.16. The van der Waals surface area contributed by atoms with Gasteiger partial charge in [0.15, 0.2) is 12.4 Å². The van der Waals surface area contributed by atoms with Crippen LogP contribution in [0, 0.1) is 0 Å². The molecule has 0 saturated heterocycles. The van der Waals surface area contributed by atoms with Gasteiger partial charge in [0.25, 0.3) is 0 Å². The first-order valence-corrected chi connectivity index (χ1v) is 8.69. The number of fused-ring (bicyclic) bond motifs is 3. The largest absolute Gasteiger partial charge is 0.453 e. The smallest absolute Gasteiger partial charge is 0.357 e. The summed E-state index contributed by atoms with van der Waals surface area (Å²) >= 11 is 1.67. The Kier molecular flexibility index (Phi) is 3.86. The van der Waals surface area contributed by atoms with Crippen LogP contribution >= 0.6 is 11.3 Å². The minimum Gasteiger partial charge on any atom is -0.453 e. The summed E-state index contributed by atoms with van der Waals surface area (Å²) in [5.41, 5.74) is 7.71. The van der Waals surface area contributed by atoms with Crippen LogP contribution in [-0.4, -0.2) is 20.9 Å². The quantitative estimate of drug-likeness (QED) is 0.737. The van der Waals surface area contributed by atoms with E-state index in [4.69, 9.17) is 10.5 Å². The van der Waals surface area contributed by atoms with Gasteiger partial charge in [0.05, 0.1) is 5.39 Å². The van der Waals surface area contributed by atoms with Gasteiger partial charge in [0.1, 0.15) is 16.3 Å². The van der Waals surface area contributed by atoms with Gasteiger partial charge in [0.2, 0.25) is 0 Å². The lowest BCUT2D eigenvalue weighted by Gasteiger charge is -2.10. The minimum atomic E-state index is -0.497. The number of thiophene rings is 1. The van der Waals surface area contributed by atoms with Crippen LogP contribution in [0.2, 0.25) is 0 Å². The predicted octanol–water partition coefficient (Wildman–Crippen LogP) is 2.90. The Hall–Kier alpha value is -2.54. The molecular formula is C17H16N4O2S. The summed E-state index contributed by atoms with van der Waals surface area (Å²) in [4.78, 5) is 27.0. The SMILES string of the molecule is Nc1nc(COC(=O)c2ccccn2)nc2sc3c(c12)CCCC3. The van der Waals surface area contributed by atoms with E-state index >= 15 is 0 Å². The lowest BCUT2D eigenvalue weighted by atomic mass is 9.97. The van der Waals surface area contributed by atoms with E-state index in [0.29, 0.717) is 11.6 Å². The number of nitrogen functional groups attached to an aromatic ring is 1. The van der Waals surface area contributed by atoms with Crippen molar-refractivity contribution in [3.63, 3.8) is 0 Å². The van der Waals surface area contributed by atoms with Crippen LogP contribution in [0.25, 0.3) is 10.2 Å². The fraction of sp³-hybridized carbons (Fsp3) is 0.294. The molecule has 1 aliphatic rings. The first kappa shape index (κ1) is 15.0. The van der Waals surface area contributed by atoms with E-state index in [-0.39, 0.29) is 12.3 Å². The fourth-order valence-electron chi connectivity index (χ4n) is 2.98. The van der Waals surface area contributed by atoms with Gasteiger partial charge in [0, 0.05) is 11.1 Å². The number of nitrogens with zero attached hydrogens (tertiary/aromatic N) is 3. The average Bonchev–Trinajstić information content (AvgIpc) is 2.99. The van der Waals surface area contributed by atoms with Gasteiger partial charge in [-0.15, -0.1) is 11.3 Å². The van der Waals surface area contributed by atoms with Gasteiger partial charge in [-0.05, 0) is 43.4 Å². The number of anilines is 1. The van der Waals surface area contributed by atoms with E-state index in [1.54, 1.807) is 35.7 Å². The Balaban J connectivity index is 1.58. The van der Waals surface area contributed by atoms with Crippen molar-refractivity contribution in [1.82, 2.24) is 15.0 Å². The summed E-state index contributed by atoms with van der Waals surface area (Å²) in [6.45, 7) is -0.0158. The summed E-state index contributed by atoms with van der Waals surface area (Å²) in [5.74, 6) is 0.398. The maximum atomic E-state index is 12.0. The molecule has 1 aliphatic carbocycles. The van der Waals surface area contributed by atoms with Crippen LogP contribution in [0.15, 0.2) is 24.4 Å². The topological polar surface area (TPSA) is 91.0 Å². The van der Waals surface area contributed by atoms with Gasteiger partial charge in [-0.25, -0.2) is 19.7 Å². The zero-order chi connectivity index (χ0) is 16.5. The highest BCUT2D eigenvalue weighted by atomic mass is 32.1. The van der Waals surface area contributed by atoms with Crippen molar-refractivity contribution in [3.05, 3.63) is 46.4 Å². The molecule has 3 aromatic heterocycles. The normalized spacial score (nSPS) is 13.7. The van der Waals surface area contributed by atoms with E-state index in [1.165, 1.54) is 23.3 Å². The maximum Gasteiger partial charge on any atom is 0.357 e. The molecule has 0 amide bonds. The zero-order valence-electron chi connectivity index (χ0n) is 13.0. The predicted molar refractivity (Wildman–Crippen MR) is 91.8 cm³/mol. The van der Waals surface area contributed by atoms with Crippen LogP contribution in [0.5, 0.6) is 0 Å². The number of pyridine rings is 1. The summed E-state index contributed by atoms with van der Waals surface area (Å²) < 4.78 is 5.24. The molecule has 3 heterocycles. The summed E-state index contributed by atoms with van der Waals surface area (Å²) in [5, 5.41) is 0.981.